The number of benzene rings is 1. The van der Waals surface area contributed by atoms with Gasteiger partial charge in [-0.3, -0.25) is 9.59 Å². The summed E-state index contributed by atoms with van der Waals surface area (Å²) in [6.07, 6.45) is 5.97. The Morgan fingerprint density at radius 2 is 1.80 bits per heavy atom. The molecule has 0 atom stereocenters. The highest BCUT2D eigenvalue weighted by atomic mass is 35.5. The molecule has 7 nitrogen and oxygen atoms in total. The number of para-hydroxylation sites is 2. The van der Waals surface area contributed by atoms with Crippen LogP contribution in [0.3, 0.4) is 0 Å². The van der Waals surface area contributed by atoms with Crippen LogP contribution in [0.15, 0.2) is 36.5 Å². The van der Waals surface area contributed by atoms with Gasteiger partial charge in [0.05, 0.1) is 11.4 Å². The lowest BCUT2D eigenvalue weighted by atomic mass is 10.1. The number of unbranched alkanes of at least 4 members (excludes halogenated alkanes) is 3. The minimum absolute atomic E-state index is 0. The van der Waals surface area contributed by atoms with Crippen LogP contribution in [0, 0.1) is 0 Å². The third-order valence-corrected chi connectivity index (χ3v) is 3.62. The molecule has 0 aliphatic carbocycles. The molecule has 5 N–H and O–H groups in total. The summed E-state index contributed by atoms with van der Waals surface area (Å²) in [5.74, 6) is -0.634. The maximum absolute atomic E-state index is 12.1. The van der Waals surface area contributed by atoms with Gasteiger partial charge in [0.2, 0.25) is 5.91 Å². The van der Waals surface area contributed by atoms with Crippen molar-refractivity contribution in [2.45, 2.75) is 32.1 Å². The molecule has 0 bridgehead atoms. The first-order chi connectivity index (χ1) is 11.6. The molecule has 1 aromatic heterocycles. The largest absolute Gasteiger partial charge is 0.364 e. The van der Waals surface area contributed by atoms with Crippen LogP contribution < -0.4 is 16.8 Å². The number of anilines is 1. The molecule has 136 valence electrons. The number of primary amides is 1. The number of aromatic nitrogens is 2. The summed E-state index contributed by atoms with van der Waals surface area (Å²) in [4.78, 5) is 23.3. The number of carbonyl (C=O) groups is 2. The highest BCUT2D eigenvalue weighted by Crippen LogP contribution is 2.20. The number of halogens is 1. The van der Waals surface area contributed by atoms with E-state index < -0.39 is 5.91 Å². The monoisotopic (exact) mass is 365 g/mol. The fourth-order valence-corrected chi connectivity index (χ4v) is 2.36. The molecule has 2 rings (SSSR count). The third-order valence-electron chi connectivity index (χ3n) is 3.62. The fraction of sp³-hybridized carbons (Fsp3) is 0.353. The van der Waals surface area contributed by atoms with Crippen LogP contribution in [0.4, 0.5) is 5.69 Å². The predicted molar refractivity (Wildman–Crippen MR) is 100 cm³/mol. The number of amides is 2. The molecule has 0 radical (unpaired) electrons. The SMILES string of the molecule is Cl.NCCCCCCC(=O)Nc1ccccc1-n1ccc(C(N)=O)n1. The molecule has 0 fully saturated rings. The van der Waals surface area contributed by atoms with Crippen LogP contribution in [-0.4, -0.2) is 28.1 Å². The van der Waals surface area contributed by atoms with Crippen molar-refractivity contribution in [3.05, 3.63) is 42.2 Å². The number of nitrogens with zero attached hydrogens (tertiary/aromatic N) is 2. The van der Waals surface area contributed by atoms with E-state index in [9.17, 15) is 9.59 Å². The lowest BCUT2D eigenvalue weighted by molar-refractivity contribution is -0.116. The van der Waals surface area contributed by atoms with Gasteiger partial charge >= 0.3 is 0 Å². The summed E-state index contributed by atoms with van der Waals surface area (Å²) < 4.78 is 1.52. The third kappa shape index (κ3) is 6.21. The number of carbonyl (C=O) groups excluding carboxylic acids is 2. The van der Waals surface area contributed by atoms with Crippen molar-refractivity contribution in [1.82, 2.24) is 9.78 Å². The zero-order valence-electron chi connectivity index (χ0n) is 14.0. The van der Waals surface area contributed by atoms with Crippen LogP contribution in [0.2, 0.25) is 0 Å². The quantitative estimate of drug-likeness (QED) is 0.591. The Hall–Kier alpha value is -2.38. The van der Waals surface area contributed by atoms with Gasteiger partial charge in [0.15, 0.2) is 0 Å². The molecule has 0 spiro atoms. The summed E-state index contributed by atoms with van der Waals surface area (Å²) in [6, 6.07) is 8.82. The lowest BCUT2D eigenvalue weighted by Crippen LogP contribution is -2.14. The lowest BCUT2D eigenvalue weighted by Gasteiger charge is -2.11. The van der Waals surface area contributed by atoms with Crippen molar-refractivity contribution in [3.63, 3.8) is 0 Å². The van der Waals surface area contributed by atoms with Gasteiger partial charge in [-0.1, -0.05) is 25.0 Å². The van der Waals surface area contributed by atoms with Crippen LogP contribution >= 0.6 is 12.4 Å². The molecule has 2 aromatic rings. The second-order valence-electron chi connectivity index (χ2n) is 5.53. The molecular formula is C17H24ClN5O2. The average Bonchev–Trinajstić information content (AvgIpc) is 3.05. The molecule has 2 amide bonds. The van der Waals surface area contributed by atoms with E-state index in [1.54, 1.807) is 18.3 Å². The summed E-state index contributed by atoms with van der Waals surface area (Å²) in [5, 5.41) is 7.02. The maximum atomic E-state index is 12.1. The zero-order valence-corrected chi connectivity index (χ0v) is 14.8. The Kier molecular flexibility index (Phi) is 8.66. The van der Waals surface area contributed by atoms with Crippen molar-refractivity contribution in [1.29, 1.82) is 0 Å². The molecule has 0 unspecified atom stereocenters. The molecule has 0 aliphatic heterocycles. The first-order valence-electron chi connectivity index (χ1n) is 8.06. The minimum Gasteiger partial charge on any atom is -0.364 e. The zero-order chi connectivity index (χ0) is 17.4. The Morgan fingerprint density at radius 1 is 1.08 bits per heavy atom. The summed E-state index contributed by atoms with van der Waals surface area (Å²) in [5.41, 5.74) is 12.2. The fourth-order valence-electron chi connectivity index (χ4n) is 2.36. The van der Waals surface area contributed by atoms with Gasteiger partial charge in [0.1, 0.15) is 5.69 Å². The second-order valence-corrected chi connectivity index (χ2v) is 5.53. The molecule has 1 aromatic carbocycles. The molecule has 8 heteroatoms. The van der Waals surface area contributed by atoms with E-state index in [2.05, 4.69) is 10.4 Å². The van der Waals surface area contributed by atoms with Gasteiger partial charge in [0.25, 0.3) is 5.91 Å². The topological polar surface area (TPSA) is 116 Å². The van der Waals surface area contributed by atoms with Gasteiger partial charge in [-0.05, 0) is 37.6 Å². The van der Waals surface area contributed by atoms with E-state index in [4.69, 9.17) is 11.5 Å². The molecule has 25 heavy (non-hydrogen) atoms. The second kappa shape index (κ2) is 10.5. The van der Waals surface area contributed by atoms with Crippen molar-refractivity contribution < 1.29 is 9.59 Å². The van der Waals surface area contributed by atoms with Crippen molar-refractivity contribution in [2.75, 3.05) is 11.9 Å². The number of rotatable bonds is 9. The van der Waals surface area contributed by atoms with E-state index >= 15 is 0 Å². The number of hydrogen-bond acceptors (Lipinski definition) is 4. The van der Waals surface area contributed by atoms with Crippen LogP contribution in [-0.2, 0) is 4.79 Å². The van der Waals surface area contributed by atoms with Gasteiger partial charge in [0, 0.05) is 12.6 Å². The summed E-state index contributed by atoms with van der Waals surface area (Å²) in [7, 11) is 0. The number of nitrogens with one attached hydrogen (secondary N) is 1. The molecule has 1 heterocycles. The Balaban J connectivity index is 0.00000312. The van der Waals surface area contributed by atoms with Gasteiger partial charge in [-0.15, -0.1) is 12.4 Å². The number of hydrogen-bond donors (Lipinski definition) is 3. The van der Waals surface area contributed by atoms with E-state index in [0.717, 1.165) is 25.7 Å². The van der Waals surface area contributed by atoms with Crippen molar-refractivity contribution in [3.8, 4) is 5.69 Å². The van der Waals surface area contributed by atoms with E-state index in [-0.39, 0.29) is 24.0 Å². The average molecular weight is 366 g/mol. The standard InChI is InChI=1S/C17H23N5O2.ClH/c18-11-6-2-1-3-9-16(23)20-13-7-4-5-8-15(13)22-12-10-14(21-22)17(19)24;/h4-5,7-8,10,12H,1-3,6,9,11,18H2,(H2,19,24)(H,20,23);1H. The smallest absolute Gasteiger partial charge is 0.269 e. The van der Waals surface area contributed by atoms with E-state index in [0.29, 0.717) is 24.3 Å². The van der Waals surface area contributed by atoms with Gasteiger partial charge in [-0.2, -0.15) is 5.10 Å². The van der Waals surface area contributed by atoms with Crippen molar-refractivity contribution in [2.24, 2.45) is 11.5 Å². The van der Waals surface area contributed by atoms with E-state index in [1.807, 2.05) is 18.2 Å². The maximum Gasteiger partial charge on any atom is 0.269 e. The Labute approximate surface area is 153 Å². The molecular weight excluding hydrogens is 342 g/mol. The normalized spacial score (nSPS) is 10.1. The van der Waals surface area contributed by atoms with Crippen LogP contribution in [0.5, 0.6) is 0 Å². The highest BCUT2D eigenvalue weighted by Gasteiger charge is 2.11. The highest BCUT2D eigenvalue weighted by molar-refractivity contribution is 5.93. The summed E-state index contributed by atoms with van der Waals surface area (Å²) in [6.45, 7) is 0.691. The Morgan fingerprint density at radius 3 is 2.48 bits per heavy atom. The van der Waals surface area contributed by atoms with E-state index in [1.165, 1.54) is 4.68 Å². The first-order valence-corrected chi connectivity index (χ1v) is 8.06. The van der Waals surface area contributed by atoms with Crippen LogP contribution in [0.25, 0.3) is 5.69 Å². The van der Waals surface area contributed by atoms with Crippen LogP contribution in [0.1, 0.15) is 42.6 Å². The Bertz CT molecular complexity index is 702. The van der Waals surface area contributed by atoms with Crippen molar-refractivity contribution >= 4 is 29.9 Å². The number of nitrogens with two attached hydrogens (primary N) is 2. The molecule has 0 saturated heterocycles. The predicted octanol–water partition coefficient (Wildman–Crippen LogP) is 2.24. The summed E-state index contributed by atoms with van der Waals surface area (Å²) >= 11 is 0. The molecule has 0 aliphatic rings. The first kappa shape index (κ1) is 20.7. The minimum atomic E-state index is -0.590. The molecule has 0 saturated carbocycles. The van der Waals surface area contributed by atoms with Gasteiger partial charge in [-0.25, -0.2) is 4.68 Å². The van der Waals surface area contributed by atoms with Gasteiger partial charge < -0.3 is 16.8 Å².